The summed E-state index contributed by atoms with van der Waals surface area (Å²) >= 11 is 0. The molecule has 0 saturated carbocycles. The smallest absolute Gasteiger partial charge is 0.231 e. The first-order valence-corrected chi connectivity index (χ1v) is 7.97. The maximum Gasteiger partial charge on any atom is 0.231 e. The van der Waals surface area contributed by atoms with E-state index in [1.54, 1.807) is 0 Å². The lowest BCUT2D eigenvalue weighted by Gasteiger charge is -2.17. The van der Waals surface area contributed by atoms with Gasteiger partial charge in [0.15, 0.2) is 11.5 Å². The van der Waals surface area contributed by atoms with Gasteiger partial charge in [-0.3, -0.25) is 0 Å². The van der Waals surface area contributed by atoms with E-state index in [1.165, 1.54) is 11.1 Å². The zero-order valence-corrected chi connectivity index (χ0v) is 13.7. The van der Waals surface area contributed by atoms with Gasteiger partial charge in [0.05, 0.1) is 6.61 Å². The van der Waals surface area contributed by atoms with Gasteiger partial charge in [-0.05, 0) is 67.6 Å². The van der Waals surface area contributed by atoms with E-state index in [-0.39, 0.29) is 5.92 Å². The van der Waals surface area contributed by atoms with Crippen LogP contribution in [-0.2, 0) is 0 Å². The molecule has 2 N–H and O–H groups in total. The van der Waals surface area contributed by atoms with Crippen molar-refractivity contribution < 1.29 is 14.2 Å². The summed E-state index contributed by atoms with van der Waals surface area (Å²) in [7, 11) is 0. The highest BCUT2D eigenvalue weighted by Crippen LogP contribution is 2.35. The van der Waals surface area contributed by atoms with E-state index in [4.69, 9.17) is 19.9 Å². The third-order valence-electron chi connectivity index (χ3n) is 4.22. The van der Waals surface area contributed by atoms with Crippen molar-refractivity contribution in [1.29, 1.82) is 0 Å². The zero-order chi connectivity index (χ0) is 16.2. The molecule has 1 aliphatic heterocycles. The van der Waals surface area contributed by atoms with Crippen LogP contribution in [0.1, 0.15) is 29.0 Å². The summed E-state index contributed by atoms with van der Waals surface area (Å²) in [6, 6.07) is 12.3. The summed E-state index contributed by atoms with van der Waals surface area (Å²) in [5.41, 5.74) is 9.48. The first-order chi connectivity index (χ1) is 11.2. The first-order valence-electron chi connectivity index (χ1n) is 7.97. The topological polar surface area (TPSA) is 53.7 Å². The Morgan fingerprint density at radius 3 is 2.74 bits per heavy atom. The van der Waals surface area contributed by atoms with Crippen LogP contribution in [0.5, 0.6) is 17.2 Å². The number of nitrogens with two attached hydrogens (primary N) is 1. The summed E-state index contributed by atoms with van der Waals surface area (Å²) in [5.74, 6) is 2.80. The number of rotatable bonds is 6. The van der Waals surface area contributed by atoms with Crippen molar-refractivity contribution in [3.05, 3.63) is 53.1 Å². The van der Waals surface area contributed by atoms with Gasteiger partial charge in [0.1, 0.15) is 5.75 Å². The Balaban J connectivity index is 1.62. The normalized spacial score (nSPS) is 13.9. The molecule has 4 heteroatoms. The number of fused-ring (bicyclic) bond motifs is 1. The van der Waals surface area contributed by atoms with Gasteiger partial charge in [0.2, 0.25) is 6.79 Å². The van der Waals surface area contributed by atoms with Crippen LogP contribution in [0, 0.1) is 13.8 Å². The number of hydrogen-bond acceptors (Lipinski definition) is 4. The Morgan fingerprint density at radius 2 is 1.91 bits per heavy atom. The molecule has 1 aliphatic rings. The fourth-order valence-corrected chi connectivity index (χ4v) is 2.76. The van der Waals surface area contributed by atoms with Crippen LogP contribution in [0.2, 0.25) is 0 Å². The van der Waals surface area contributed by atoms with E-state index in [0.717, 1.165) is 29.2 Å². The molecule has 23 heavy (non-hydrogen) atoms. The number of aryl methyl sites for hydroxylation is 2. The maximum atomic E-state index is 5.96. The summed E-state index contributed by atoms with van der Waals surface area (Å²) in [6.45, 7) is 5.65. The van der Waals surface area contributed by atoms with Crippen LogP contribution < -0.4 is 19.9 Å². The highest BCUT2D eigenvalue weighted by molar-refractivity contribution is 5.45. The molecule has 122 valence electrons. The lowest BCUT2D eigenvalue weighted by atomic mass is 9.96. The van der Waals surface area contributed by atoms with Crippen molar-refractivity contribution in [2.45, 2.75) is 26.2 Å². The van der Waals surface area contributed by atoms with Gasteiger partial charge in [0, 0.05) is 0 Å². The van der Waals surface area contributed by atoms with E-state index in [1.807, 2.05) is 12.1 Å². The SMILES string of the molecule is Cc1ccc(C)c(OCCC(CN)c2ccc3c(c2)OCO3)c1. The Hall–Kier alpha value is -2.20. The lowest BCUT2D eigenvalue weighted by Crippen LogP contribution is -2.15. The predicted molar refractivity (Wildman–Crippen MR) is 90.4 cm³/mol. The van der Waals surface area contributed by atoms with E-state index < -0.39 is 0 Å². The molecule has 0 bridgehead atoms. The fourth-order valence-electron chi connectivity index (χ4n) is 2.76. The van der Waals surface area contributed by atoms with Crippen molar-refractivity contribution in [3.8, 4) is 17.2 Å². The molecule has 0 aliphatic carbocycles. The molecular weight excluding hydrogens is 290 g/mol. The molecular formula is C19H23NO3. The lowest BCUT2D eigenvalue weighted by molar-refractivity contribution is 0.174. The van der Waals surface area contributed by atoms with Gasteiger partial charge in [-0.25, -0.2) is 0 Å². The second kappa shape index (κ2) is 6.92. The molecule has 0 fully saturated rings. The third kappa shape index (κ3) is 3.59. The number of benzene rings is 2. The van der Waals surface area contributed by atoms with Gasteiger partial charge in [-0.15, -0.1) is 0 Å². The summed E-state index contributed by atoms with van der Waals surface area (Å²) in [4.78, 5) is 0. The minimum atomic E-state index is 0.245. The van der Waals surface area contributed by atoms with Gasteiger partial charge < -0.3 is 19.9 Å². The third-order valence-corrected chi connectivity index (χ3v) is 4.22. The summed E-state index contributed by atoms with van der Waals surface area (Å²) in [6.07, 6.45) is 0.865. The average Bonchev–Trinajstić information content (AvgIpc) is 3.02. The summed E-state index contributed by atoms with van der Waals surface area (Å²) < 4.78 is 16.7. The van der Waals surface area contributed by atoms with Gasteiger partial charge >= 0.3 is 0 Å². The molecule has 1 atom stereocenters. The molecule has 0 aromatic heterocycles. The van der Waals surface area contributed by atoms with E-state index >= 15 is 0 Å². The van der Waals surface area contributed by atoms with Crippen LogP contribution in [0.4, 0.5) is 0 Å². The van der Waals surface area contributed by atoms with Crippen LogP contribution in [0.15, 0.2) is 36.4 Å². The Bertz CT molecular complexity index is 684. The number of ether oxygens (including phenoxy) is 3. The molecule has 2 aromatic rings. The fraction of sp³-hybridized carbons (Fsp3) is 0.368. The van der Waals surface area contributed by atoms with Crippen LogP contribution in [-0.4, -0.2) is 19.9 Å². The second-order valence-electron chi connectivity index (χ2n) is 5.95. The highest BCUT2D eigenvalue weighted by atomic mass is 16.7. The molecule has 3 rings (SSSR count). The molecule has 1 heterocycles. The van der Waals surface area contributed by atoms with Crippen LogP contribution in [0.3, 0.4) is 0 Å². The zero-order valence-electron chi connectivity index (χ0n) is 13.7. The first kappa shape index (κ1) is 15.7. The highest BCUT2D eigenvalue weighted by Gasteiger charge is 2.17. The predicted octanol–water partition coefficient (Wildman–Crippen LogP) is 3.54. The Kier molecular flexibility index (Phi) is 4.72. The second-order valence-corrected chi connectivity index (χ2v) is 5.95. The summed E-state index contributed by atoms with van der Waals surface area (Å²) in [5, 5.41) is 0. The van der Waals surface area contributed by atoms with Crippen molar-refractivity contribution in [3.63, 3.8) is 0 Å². The molecule has 0 spiro atoms. The van der Waals surface area contributed by atoms with E-state index in [2.05, 4.69) is 38.1 Å². The van der Waals surface area contributed by atoms with Gasteiger partial charge in [-0.1, -0.05) is 18.2 Å². The number of hydrogen-bond donors (Lipinski definition) is 1. The standard InChI is InChI=1S/C19H23NO3/c1-13-3-4-14(2)18(9-13)21-8-7-16(11-20)15-5-6-17-19(10-15)23-12-22-17/h3-6,9-10,16H,7-8,11-12,20H2,1-2H3. The van der Waals surface area contributed by atoms with Crippen molar-refractivity contribution in [1.82, 2.24) is 0 Å². The van der Waals surface area contributed by atoms with Gasteiger partial charge in [0.25, 0.3) is 0 Å². The van der Waals surface area contributed by atoms with Crippen molar-refractivity contribution in [2.24, 2.45) is 5.73 Å². The molecule has 0 saturated heterocycles. The minimum Gasteiger partial charge on any atom is -0.493 e. The van der Waals surface area contributed by atoms with Crippen LogP contribution >= 0.6 is 0 Å². The largest absolute Gasteiger partial charge is 0.493 e. The van der Waals surface area contributed by atoms with E-state index in [0.29, 0.717) is 19.9 Å². The molecule has 4 nitrogen and oxygen atoms in total. The maximum absolute atomic E-state index is 5.96. The van der Waals surface area contributed by atoms with Crippen LogP contribution in [0.25, 0.3) is 0 Å². The average molecular weight is 313 g/mol. The molecule has 2 aromatic carbocycles. The minimum absolute atomic E-state index is 0.245. The van der Waals surface area contributed by atoms with Crippen molar-refractivity contribution in [2.75, 3.05) is 19.9 Å². The van der Waals surface area contributed by atoms with Crippen molar-refractivity contribution >= 4 is 0 Å². The Labute approximate surface area is 137 Å². The Morgan fingerprint density at radius 1 is 1.09 bits per heavy atom. The van der Waals surface area contributed by atoms with E-state index in [9.17, 15) is 0 Å². The monoisotopic (exact) mass is 313 g/mol. The van der Waals surface area contributed by atoms with Gasteiger partial charge in [-0.2, -0.15) is 0 Å². The molecule has 1 unspecified atom stereocenters. The quantitative estimate of drug-likeness (QED) is 0.886. The molecule has 0 radical (unpaired) electrons. The molecule has 0 amide bonds.